The quantitative estimate of drug-likeness (QED) is 0.705. The Kier molecular flexibility index (Phi) is 4.62. The lowest BCUT2D eigenvalue weighted by molar-refractivity contribution is -0.152. The van der Waals surface area contributed by atoms with Gasteiger partial charge in [-0.15, -0.1) is 0 Å². The lowest BCUT2D eigenvalue weighted by atomic mass is 9.73. The van der Waals surface area contributed by atoms with Crippen LogP contribution in [0.5, 0.6) is 0 Å². The van der Waals surface area contributed by atoms with Crippen LogP contribution in [0.2, 0.25) is 0 Å². The molecule has 0 bridgehead atoms. The Bertz CT molecular complexity index is 995. The summed E-state index contributed by atoms with van der Waals surface area (Å²) in [6.45, 7) is 1.10. The number of aliphatic carboxylic acids is 1. The molecule has 6 heteroatoms. The van der Waals surface area contributed by atoms with Crippen molar-refractivity contribution < 1.29 is 14.7 Å². The number of benzene rings is 2. The minimum absolute atomic E-state index is 0.167. The Morgan fingerprint density at radius 1 is 1.07 bits per heavy atom. The first-order valence-electron chi connectivity index (χ1n) is 9.10. The number of rotatable bonds is 6. The number of nitrogens with one attached hydrogen (secondary N) is 1. The van der Waals surface area contributed by atoms with Gasteiger partial charge in [-0.3, -0.25) is 9.59 Å². The number of hydrogen-bond acceptors (Lipinski definition) is 3. The molecule has 1 saturated carbocycles. The van der Waals surface area contributed by atoms with Gasteiger partial charge in [0, 0.05) is 13.1 Å². The van der Waals surface area contributed by atoms with Crippen molar-refractivity contribution in [3.05, 3.63) is 66.0 Å². The maximum atomic E-state index is 12.2. The Morgan fingerprint density at radius 3 is 2.63 bits per heavy atom. The minimum Gasteiger partial charge on any atom is -0.481 e. The van der Waals surface area contributed by atoms with Gasteiger partial charge in [0.2, 0.25) is 5.91 Å². The number of carboxylic acid groups (broad SMARTS) is 1. The zero-order valence-electron chi connectivity index (χ0n) is 14.8. The topological polar surface area (TPSA) is 84.2 Å². The van der Waals surface area contributed by atoms with Crippen molar-refractivity contribution in [2.24, 2.45) is 11.8 Å². The third-order valence-electron chi connectivity index (χ3n) is 5.27. The molecular formula is C21H21N3O3. The third kappa shape index (κ3) is 3.56. The van der Waals surface area contributed by atoms with E-state index in [4.69, 9.17) is 5.11 Å². The summed E-state index contributed by atoms with van der Waals surface area (Å²) in [5.74, 6) is -1.98. The molecule has 0 saturated heterocycles. The van der Waals surface area contributed by atoms with Crippen LogP contribution >= 0.6 is 0 Å². The summed E-state index contributed by atoms with van der Waals surface area (Å²) < 4.78 is 2.10. The van der Waals surface area contributed by atoms with E-state index in [9.17, 15) is 9.59 Å². The van der Waals surface area contributed by atoms with Gasteiger partial charge in [0.1, 0.15) is 0 Å². The molecule has 1 heterocycles. The van der Waals surface area contributed by atoms with Gasteiger partial charge in [-0.2, -0.15) is 0 Å². The maximum absolute atomic E-state index is 12.2. The summed E-state index contributed by atoms with van der Waals surface area (Å²) in [7, 11) is 0. The van der Waals surface area contributed by atoms with E-state index in [-0.39, 0.29) is 5.91 Å². The number of hydrogen-bond donors (Lipinski definition) is 2. The van der Waals surface area contributed by atoms with Crippen molar-refractivity contribution in [1.82, 2.24) is 14.9 Å². The molecule has 2 unspecified atom stereocenters. The molecular weight excluding hydrogens is 342 g/mol. The van der Waals surface area contributed by atoms with Crippen LogP contribution in [0.1, 0.15) is 24.0 Å². The van der Waals surface area contributed by atoms with Gasteiger partial charge in [-0.05, 0) is 36.1 Å². The zero-order valence-corrected chi connectivity index (χ0v) is 14.8. The number of aromatic nitrogens is 2. The van der Waals surface area contributed by atoms with Gasteiger partial charge in [-0.25, -0.2) is 4.98 Å². The number of fused-ring (bicyclic) bond motifs is 1. The van der Waals surface area contributed by atoms with Gasteiger partial charge in [0.15, 0.2) is 0 Å². The fourth-order valence-electron chi connectivity index (χ4n) is 3.60. The molecule has 138 valence electrons. The summed E-state index contributed by atoms with van der Waals surface area (Å²) in [5, 5.41) is 12.0. The van der Waals surface area contributed by atoms with Crippen molar-refractivity contribution in [1.29, 1.82) is 0 Å². The molecule has 2 N–H and O–H groups in total. The molecule has 27 heavy (non-hydrogen) atoms. The van der Waals surface area contributed by atoms with Gasteiger partial charge in [-0.1, -0.05) is 36.4 Å². The first-order chi connectivity index (χ1) is 13.1. The molecule has 6 nitrogen and oxygen atoms in total. The third-order valence-corrected chi connectivity index (χ3v) is 5.27. The SMILES string of the molecule is O=C(O)C1CCC1C(=O)NCc1cccc(Cn2cnc3ccccc32)c1. The van der Waals surface area contributed by atoms with E-state index in [0.717, 1.165) is 22.2 Å². The number of imidazole rings is 1. The van der Waals surface area contributed by atoms with Gasteiger partial charge in [0.05, 0.1) is 29.2 Å². The lowest BCUT2D eigenvalue weighted by Crippen LogP contribution is -2.43. The fraction of sp³-hybridized carbons (Fsp3) is 0.286. The van der Waals surface area contributed by atoms with Crippen molar-refractivity contribution in [3.63, 3.8) is 0 Å². The molecule has 1 aliphatic rings. The monoisotopic (exact) mass is 363 g/mol. The second kappa shape index (κ2) is 7.23. The molecule has 4 rings (SSSR count). The number of carboxylic acids is 1. The molecule has 1 amide bonds. The van der Waals surface area contributed by atoms with Gasteiger partial charge in [0.25, 0.3) is 0 Å². The smallest absolute Gasteiger partial charge is 0.307 e. The van der Waals surface area contributed by atoms with Crippen molar-refractivity contribution >= 4 is 22.9 Å². The Balaban J connectivity index is 1.41. The first kappa shape index (κ1) is 17.3. The van der Waals surface area contributed by atoms with E-state index in [2.05, 4.69) is 20.9 Å². The second-order valence-electron chi connectivity index (χ2n) is 7.03. The highest BCUT2D eigenvalue weighted by Crippen LogP contribution is 2.34. The first-order valence-corrected chi connectivity index (χ1v) is 9.10. The maximum Gasteiger partial charge on any atom is 0.307 e. The van der Waals surface area contributed by atoms with Crippen LogP contribution in [-0.2, 0) is 22.7 Å². The molecule has 1 fully saturated rings. The highest BCUT2D eigenvalue weighted by atomic mass is 16.4. The summed E-state index contributed by atoms with van der Waals surface area (Å²) in [6.07, 6.45) is 3.07. The summed E-state index contributed by atoms with van der Waals surface area (Å²) in [6, 6.07) is 16.0. The standard InChI is InChI=1S/C21H21N3O3/c25-20(16-8-9-17(16)21(26)27)22-11-14-4-3-5-15(10-14)12-24-13-23-18-6-1-2-7-19(18)24/h1-7,10,13,16-17H,8-9,11-12H2,(H,22,25)(H,26,27). The number of nitrogens with zero attached hydrogens (tertiary/aromatic N) is 2. The molecule has 2 aromatic carbocycles. The van der Waals surface area contributed by atoms with Gasteiger partial charge < -0.3 is 15.0 Å². The normalized spacial score (nSPS) is 18.8. The number of para-hydroxylation sites is 2. The van der Waals surface area contributed by atoms with Crippen molar-refractivity contribution in [2.45, 2.75) is 25.9 Å². The van der Waals surface area contributed by atoms with Crippen molar-refractivity contribution in [2.75, 3.05) is 0 Å². The van der Waals surface area contributed by atoms with E-state index in [1.54, 1.807) is 0 Å². The van der Waals surface area contributed by atoms with E-state index < -0.39 is 17.8 Å². The molecule has 0 radical (unpaired) electrons. The van der Waals surface area contributed by atoms with Crippen LogP contribution in [0.25, 0.3) is 11.0 Å². The summed E-state index contributed by atoms with van der Waals surface area (Å²) >= 11 is 0. The van der Waals surface area contributed by atoms with E-state index >= 15 is 0 Å². The van der Waals surface area contributed by atoms with Crippen LogP contribution in [0.4, 0.5) is 0 Å². The molecule has 1 aromatic heterocycles. The van der Waals surface area contributed by atoms with Gasteiger partial charge >= 0.3 is 5.97 Å². The summed E-state index contributed by atoms with van der Waals surface area (Å²) in [4.78, 5) is 27.7. The molecule has 2 atom stereocenters. The van der Waals surface area contributed by atoms with Crippen LogP contribution in [0.15, 0.2) is 54.9 Å². The molecule has 0 aliphatic heterocycles. The predicted octanol–water partition coefficient (Wildman–Crippen LogP) is 2.81. The average molecular weight is 363 g/mol. The van der Waals surface area contributed by atoms with E-state index in [0.29, 0.717) is 25.9 Å². The Labute approximate surface area is 156 Å². The predicted molar refractivity (Wildman–Crippen MR) is 101 cm³/mol. The van der Waals surface area contributed by atoms with Crippen LogP contribution in [0, 0.1) is 11.8 Å². The zero-order chi connectivity index (χ0) is 18.8. The molecule has 0 spiro atoms. The number of amides is 1. The largest absolute Gasteiger partial charge is 0.481 e. The van der Waals surface area contributed by atoms with Crippen LogP contribution < -0.4 is 5.32 Å². The number of carbonyl (C=O) groups excluding carboxylic acids is 1. The van der Waals surface area contributed by atoms with Crippen LogP contribution in [-0.4, -0.2) is 26.5 Å². The van der Waals surface area contributed by atoms with Crippen LogP contribution in [0.3, 0.4) is 0 Å². The average Bonchev–Trinajstić information content (AvgIpc) is 3.02. The Hall–Kier alpha value is -3.15. The highest BCUT2D eigenvalue weighted by Gasteiger charge is 2.41. The highest BCUT2D eigenvalue weighted by molar-refractivity contribution is 5.86. The molecule has 1 aliphatic carbocycles. The minimum atomic E-state index is -0.879. The van der Waals surface area contributed by atoms with Crippen molar-refractivity contribution in [3.8, 4) is 0 Å². The Morgan fingerprint density at radius 2 is 1.85 bits per heavy atom. The summed E-state index contributed by atoms with van der Waals surface area (Å²) in [5.41, 5.74) is 4.17. The van der Waals surface area contributed by atoms with E-state index in [1.165, 1.54) is 0 Å². The number of carbonyl (C=O) groups is 2. The lowest BCUT2D eigenvalue weighted by Gasteiger charge is -2.31. The van der Waals surface area contributed by atoms with E-state index in [1.807, 2.05) is 48.8 Å². The second-order valence-corrected chi connectivity index (χ2v) is 7.03. The fourth-order valence-corrected chi connectivity index (χ4v) is 3.60. The molecule has 3 aromatic rings.